The van der Waals surface area contributed by atoms with E-state index < -0.39 is 11.9 Å². The third kappa shape index (κ3) is 5.87. The van der Waals surface area contributed by atoms with Crippen molar-refractivity contribution >= 4 is 18.0 Å². The predicted molar refractivity (Wildman–Crippen MR) is 107 cm³/mol. The van der Waals surface area contributed by atoms with Crippen LogP contribution < -0.4 is 14.8 Å². The zero-order valence-electron chi connectivity index (χ0n) is 16.5. The van der Waals surface area contributed by atoms with E-state index in [2.05, 4.69) is 5.32 Å². The lowest BCUT2D eigenvalue weighted by atomic mass is 10.1. The molecular weight excluding hydrogens is 358 g/mol. The van der Waals surface area contributed by atoms with E-state index in [1.54, 1.807) is 61.7 Å². The van der Waals surface area contributed by atoms with Crippen LogP contribution in [0.3, 0.4) is 0 Å². The summed E-state index contributed by atoms with van der Waals surface area (Å²) in [7, 11) is 3.06. The maximum absolute atomic E-state index is 12.7. The number of benzene rings is 2. The molecule has 2 aromatic rings. The van der Waals surface area contributed by atoms with Gasteiger partial charge in [0.1, 0.15) is 17.2 Å². The Kier molecular flexibility index (Phi) is 7.63. The summed E-state index contributed by atoms with van der Waals surface area (Å²) >= 11 is 0. The fourth-order valence-electron chi connectivity index (χ4n) is 2.35. The summed E-state index contributed by atoms with van der Waals surface area (Å²) in [5.74, 6) is 0.223. The standard InChI is InChI=1S/C22H25NO5/c1-15(2)14-28-22(25)19(13-16-9-11-17(26-3)12-10-16)23-21(24)18-7-5-6-8-20(18)27-4/h5-13,15H,14H2,1-4H3,(H,23,24)/b19-13+. The summed E-state index contributed by atoms with van der Waals surface area (Å²) in [6, 6.07) is 13.9. The first-order valence-electron chi connectivity index (χ1n) is 8.91. The summed E-state index contributed by atoms with van der Waals surface area (Å²) in [6.07, 6.45) is 1.56. The lowest BCUT2D eigenvalue weighted by Crippen LogP contribution is -2.29. The zero-order chi connectivity index (χ0) is 20.5. The Morgan fingerprint density at radius 2 is 1.68 bits per heavy atom. The van der Waals surface area contributed by atoms with Crippen LogP contribution in [0.4, 0.5) is 0 Å². The molecule has 2 aromatic carbocycles. The van der Waals surface area contributed by atoms with Gasteiger partial charge in [-0.15, -0.1) is 0 Å². The number of carbonyl (C=O) groups excluding carboxylic acids is 2. The number of nitrogens with one attached hydrogen (secondary N) is 1. The highest BCUT2D eigenvalue weighted by Gasteiger charge is 2.18. The third-order valence-electron chi connectivity index (χ3n) is 3.79. The van der Waals surface area contributed by atoms with Crippen molar-refractivity contribution in [2.24, 2.45) is 5.92 Å². The number of amides is 1. The minimum absolute atomic E-state index is 0.0433. The van der Waals surface area contributed by atoms with Crippen LogP contribution in [0, 0.1) is 5.92 Å². The SMILES string of the molecule is COc1ccc(/C=C(/NC(=O)c2ccccc2OC)C(=O)OCC(C)C)cc1. The highest BCUT2D eigenvalue weighted by molar-refractivity contribution is 6.04. The highest BCUT2D eigenvalue weighted by Crippen LogP contribution is 2.18. The van der Waals surface area contributed by atoms with Crippen molar-refractivity contribution in [3.63, 3.8) is 0 Å². The molecule has 148 valence electrons. The van der Waals surface area contributed by atoms with Gasteiger partial charge >= 0.3 is 5.97 Å². The number of rotatable bonds is 8. The summed E-state index contributed by atoms with van der Waals surface area (Å²) in [6.45, 7) is 4.13. The average Bonchev–Trinajstić information content (AvgIpc) is 2.71. The van der Waals surface area contributed by atoms with E-state index in [1.165, 1.54) is 7.11 Å². The van der Waals surface area contributed by atoms with Crippen molar-refractivity contribution in [1.82, 2.24) is 5.32 Å². The molecule has 0 fully saturated rings. The van der Waals surface area contributed by atoms with Crippen molar-refractivity contribution in [3.05, 3.63) is 65.4 Å². The van der Waals surface area contributed by atoms with Gasteiger partial charge in [-0.25, -0.2) is 4.79 Å². The Morgan fingerprint density at radius 3 is 2.29 bits per heavy atom. The van der Waals surface area contributed by atoms with E-state index in [4.69, 9.17) is 14.2 Å². The molecule has 1 amide bonds. The minimum Gasteiger partial charge on any atom is -0.497 e. The number of hydrogen-bond donors (Lipinski definition) is 1. The Morgan fingerprint density at radius 1 is 1.00 bits per heavy atom. The number of hydrogen-bond acceptors (Lipinski definition) is 5. The molecule has 0 spiro atoms. The number of carbonyl (C=O) groups is 2. The molecule has 0 atom stereocenters. The number of para-hydroxylation sites is 1. The van der Waals surface area contributed by atoms with E-state index in [0.717, 1.165) is 5.56 Å². The molecule has 0 saturated heterocycles. The van der Waals surface area contributed by atoms with Gasteiger partial charge in [0.15, 0.2) is 0 Å². The van der Waals surface area contributed by atoms with Crippen LogP contribution in [0.15, 0.2) is 54.2 Å². The molecule has 0 saturated carbocycles. The summed E-state index contributed by atoms with van der Waals surface area (Å²) < 4.78 is 15.7. The van der Waals surface area contributed by atoms with Gasteiger partial charge in [-0.05, 0) is 41.8 Å². The molecule has 6 nitrogen and oxygen atoms in total. The second-order valence-electron chi connectivity index (χ2n) is 6.48. The molecule has 2 rings (SSSR count). The molecule has 0 aromatic heterocycles. The van der Waals surface area contributed by atoms with Crippen LogP contribution in [0.2, 0.25) is 0 Å². The molecule has 0 heterocycles. The van der Waals surface area contributed by atoms with E-state index >= 15 is 0 Å². The molecule has 0 unspecified atom stereocenters. The van der Waals surface area contributed by atoms with E-state index in [1.807, 2.05) is 13.8 Å². The molecule has 0 aliphatic carbocycles. The topological polar surface area (TPSA) is 73.9 Å². The fourth-order valence-corrected chi connectivity index (χ4v) is 2.35. The maximum atomic E-state index is 12.7. The maximum Gasteiger partial charge on any atom is 0.354 e. The van der Waals surface area contributed by atoms with Crippen LogP contribution >= 0.6 is 0 Å². The number of methoxy groups -OCH3 is 2. The lowest BCUT2D eigenvalue weighted by molar-refractivity contribution is -0.140. The highest BCUT2D eigenvalue weighted by atomic mass is 16.5. The van der Waals surface area contributed by atoms with Crippen LogP contribution in [0.5, 0.6) is 11.5 Å². The van der Waals surface area contributed by atoms with Crippen LogP contribution in [0.25, 0.3) is 6.08 Å². The molecule has 0 radical (unpaired) electrons. The quantitative estimate of drug-likeness (QED) is 0.556. The molecule has 0 aliphatic rings. The van der Waals surface area contributed by atoms with Gasteiger partial charge in [-0.1, -0.05) is 38.1 Å². The van der Waals surface area contributed by atoms with Crippen molar-refractivity contribution in [3.8, 4) is 11.5 Å². The summed E-state index contributed by atoms with van der Waals surface area (Å²) in [5.41, 5.74) is 1.08. The second-order valence-corrected chi connectivity index (χ2v) is 6.48. The minimum atomic E-state index is -0.604. The van der Waals surface area contributed by atoms with Crippen molar-refractivity contribution < 1.29 is 23.8 Å². The van der Waals surface area contributed by atoms with Crippen LogP contribution in [-0.4, -0.2) is 32.7 Å². The first-order valence-corrected chi connectivity index (χ1v) is 8.91. The van der Waals surface area contributed by atoms with E-state index in [0.29, 0.717) is 17.1 Å². The normalized spacial score (nSPS) is 11.1. The van der Waals surface area contributed by atoms with E-state index in [-0.39, 0.29) is 18.2 Å². The van der Waals surface area contributed by atoms with Crippen molar-refractivity contribution in [2.45, 2.75) is 13.8 Å². The fraction of sp³-hybridized carbons (Fsp3) is 0.273. The Balaban J connectivity index is 2.30. The lowest BCUT2D eigenvalue weighted by Gasteiger charge is -2.13. The van der Waals surface area contributed by atoms with E-state index in [9.17, 15) is 9.59 Å². The van der Waals surface area contributed by atoms with Crippen molar-refractivity contribution in [2.75, 3.05) is 20.8 Å². The number of esters is 1. The number of ether oxygens (including phenoxy) is 3. The first-order chi connectivity index (χ1) is 13.4. The van der Waals surface area contributed by atoms with Crippen molar-refractivity contribution in [1.29, 1.82) is 0 Å². The largest absolute Gasteiger partial charge is 0.497 e. The monoisotopic (exact) mass is 383 g/mol. The van der Waals surface area contributed by atoms with Gasteiger partial charge in [-0.2, -0.15) is 0 Å². The van der Waals surface area contributed by atoms with Gasteiger partial charge in [0.2, 0.25) is 0 Å². The molecule has 6 heteroatoms. The Hall–Kier alpha value is -3.28. The van der Waals surface area contributed by atoms with Gasteiger partial charge < -0.3 is 19.5 Å². The Bertz CT molecular complexity index is 840. The third-order valence-corrected chi connectivity index (χ3v) is 3.79. The van der Waals surface area contributed by atoms with Gasteiger partial charge in [0.25, 0.3) is 5.91 Å². The molecule has 28 heavy (non-hydrogen) atoms. The van der Waals surface area contributed by atoms with Gasteiger partial charge in [0, 0.05) is 0 Å². The molecule has 0 aliphatic heterocycles. The first kappa shape index (κ1) is 21.0. The predicted octanol–water partition coefficient (Wildman–Crippen LogP) is 3.67. The smallest absolute Gasteiger partial charge is 0.354 e. The Labute approximate surface area is 165 Å². The summed E-state index contributed by atoms with van der Waals surface area (Å²) in [5, 5.41) is 2.64. The molecule has 0 bridgehead atoms. The second kappa shape index (κ2) is 10.2. The van der Waals surface area contributed by atoms with Gasteiger partial charge in [0.05, 0.1) is 26.4 Å². The summed E-state index contributed by atoms with van der Waals surface area (Å²) in [4.78, 5) is 25.2. The van der Waals surface area contributed by atoms with Crippen LogP contribution in [0.1, 0.15) is 29.8 Å². The van der Waals surface area contributed by atoms with Gasteiger partial charge in [-0.3, -0.25) is 4.79 Å². The molecular formula is C22H25NO5. The average molecular weight is 383 g/mol. The molecule has 1 N–H and O–H groups in total. The van der Waals surface area contributed by atoms with Crippen LogP contribution in [-0.2, 0) is 9.53 Å². The zero-order valence-corrected chi connectivity index (χ0v) is 16.5.